The molecule has 0 spiro atoms. The number of nitrogens with zero attached hydrogens (tertiary/aromatic N) is 4. The number of rotatable bonds is 6. The largest absolute Gasteiger partial charge is 0.418 e. The summed E-state index contributed by atoms with van der Waals surface area (Å²) < 4.78 is 13.4. The summed E-state index contributed by atoms with van der Waals surface area (Å²) in [6.07, 6.45) is 0.750. The van der Waals surface area contributed by atoms with E-state index in [4.69, 9.17) is 20.9 Å². The van der Waals surface area contributed by atoms with Gasteiger partial charge in [0.05, 0.1) is 26.7 Å². The Kier molecular flexibility index (Phi) is 6.11. The first-order valence-corrected chi connectivity index (χ1v) is 12.8. The molecule has 11 heteroatoms. The molecular weight excluding hydrogens is 514 g/mol. The molecule has 0 atom stereocenters. The van der Waals surface area contributed by atoms with Crippen LogP contribution in [0.4, 0.5) is 16.2 Å². The molecule has 0 bridgehead atoms. The van der Waals surface area contributed by atoms with Crippen LogP contribution in [0.3, 0.4) is 0 Å². The topological polar surface area (TPSA) is 102 Å². The highest BCUT2D eigenvalue weighted by Crippen LogP contribution is 2.32. The average Bonchev–Trinajstić information content (AvgIpc) is 3.69. The predicted octanol–water partition coefficient (Wildman–Crippen LogP) is 6.19. The van der Waals surface area contributed by atoms with E-state index in [-0.39, 0.29) is 11.8 Å². The summed E-state index contributed by atoms with van der Waals surface area (Å²) in [5, 5.41) is 12.1. The van der Waals surface area contributed by atoms with Gasteiger partial charge in [-0.25, -0.2) is 4.79 Å². The second-order valence-electron chi connectivity index (χ2n) is 8.48. The second-order valence-corrected chi connectivity index (χ2v) is 10.2. The molecular formula is C26H20ClN5O4S. The number of hydrogen-bond acceptors (Lipinski definition) is 7. The summed E-state index contributed by atoms with van der Waals surface area (Å²) in [5.41, 5.74) is 2.81. The number of carbonyl (C=O) groups excluding carboxylic acids is 2. The van der Waals surface area contributed by atoms with Crippen LogP contribution < -0.4 is 15.0 Å². The molecule has 1 N–H and O–H groups in total. The third kappa shape index (κ3) is 4.81. The number of thiophene rings is 1. The van der Waals surface area contributed by atoms with Gasteiger partial charge in [-0.1, -0.05) is 28.9 Å². The van der Waals surface area contributed by atoms with E-state index in [2.05, 4.69) is 15.6 Å². The minimum absolute atomic E-state index is 0.111. The van der Waals surface area contributed by atoms with Gasteiger partial charge in [-0.2, -0.15) is 0 Å². The van der Waals surface area contributed by atoms with Crippen LogP contribution in [0.2, 0.25) is 4.34 Å². The fourth-order valence-corrected chi connectivity index (χ4v) is 5.26. The van der Waals surface area contributed by atoms with Crippen LogP contribution in [0.5, 0.6) is 5.88 Å². The molecule has 0 radical (unpaired) electrons. The molecule has 2 aromatic carbocycles. The van der Waals surface area contributed by atoms with E-state index in [1.807, 2.05) is 42.5 Å². The first-order valence-electron chi connectivity index (χ1n) is 11.6. The summed E-state index contributed by atoms with van der Waals surface area (Å²) in [5.74, 6) is 0.917. The number of ether oxygens (including phenoxy) is 1. The van der Waals surface area contributed by atoms with Crippen molar-refractivity contribution < 1.29 is 18.8 Å². The monoisotopic (exact) mass is 533 g/mol. The molecule has 1 aliphatic heterocycles. The number of hydrogen-bond donors (Lipinski definition) is 1. The van der Waals surface area contributed by atoms with Crippen molar-refractivity contribution in [2.45, 2.75) is 19.4 Å². The fraction of sp³-hybridized carbons (Fsp3) is 0.154. The van der Waals surface area contributed by atoms with Crippen LogP contribution in [0, 0.1) is 0 Å². The molecule has 0 saturated carbocycles. The highest BCUT2D eigenvalue weighted by atomic mass is 35.5. The van der Waals surface area contributed by atoms with Gasteiger partial charge in [0.1, 0.15) is 5.69 Å². The molecule has 2 amide bonds. The molecule has 4 heterocycles. The Morgan fingerprint density at radius 2 is 1.97 bits per heavy atom. The van der Waals surface area contributed by atoms with E-state index in [1.165, 1.54) is 11.3 Å². The Morgan fingerprint density at radius 1 is 1.14 bits per heavy atom. The lowest BCUT2D eigenvalue weighted by Gasteiger charge is -2.16. The average molecular weight is 534 g/mol. The second kappa shape index (κ2) is 9.72. The van der Waals surface area contributed by atoms with Crippen molar-refractivity contribution in [1.29, 1.82) is 0 Å². The zero-order valence-electron chi connectivity index (χ0n) is 19.4. The van der Waals surface area contributed by atoms with Gasteiger partial charge in [0.15, 0.2) is 5.76 Å². The highest BCUT2D eigenvalue weighted by molar-refractivity contribution is 7.19. The number of nitrogens with one attached hydrogen (secondary N) is 1. The molecule has 186 valence electrons. The smallest absolute Gasteiger partial charge is 0.389 e. The van der Waals surface area contributed by atoms with Crippen molar-refractivity contribution in [3.63, 3.8) is 0 Å². The van der Waals surface area contributed by atoms with Gasteiger partial charge in [-0.15, -0.1) is 16.4 Å². The van der Waals surface area contributed by atoms with Crippen molar-refractivity contribution in [3.05, 3.63) is 76.8 Å². The van der Waals surface area contributed by atoms with E-state index >= 15 is 0 Å². The first-order chi connectivity index (χ1) is 18.0. The number of benzene rings is 2. The van der Waals surface area contributed by atoms with Gasteiger partial charge in [0.25, 0.3) is 5.88 Å². The van der Waals surface area contributed by atoms with Crippen LogP contribution in [0.1, 0.15) is 18.5 Å². The van der Waals surface area contributed by atoms with Crippen LogP contribution >= 0.6 is 22.9 Å². The van der Waals surface area contributed by atoms with Gasteiger partial charge in [0.2, 0.25) is 5.91 Å². The molecule has 5 aromatic rings. The summed E-state index contributed by atoms with van der Waals surface area (Å²) in [4.78, 5) is 27.2. The predicted molar refractivity (Wildman–Crippen MR) is 141 cm³/mol. The van der Waals surface area contributed by atoms with E-state index in [0.717, 1.165) is 22.5 Å². The number of anilines is 2. The van der Waals surface area contributed by atoms with E-state index in [9.17, 15) is 9.59 Å². The minimum Gasteiger partial charge on any atom is -0.389 e. The molecule has 6 rings (SSSR count). The lowest BCUT2D eigenvalue weighted by atomic mass is 10.2. The number of amides is 2. The zero-order chi connectivity index (χ0) is 25.4. The molecule has 1 fully saturated rings. The number of halogens is 1. The van der Waals surface area contributed by atoms with Crippen molar-refractivity contribution in [2.75, 3.05) is 16.8 Å². The fourth-order valence-electron chi connectivity index (χ4n) is 4.27. The maximum atomic E-state index is 12.7. The standard InChI is InChI=1S/C26H20ClN5O4S/c27-23-12-11-22(37-23)21-14-17(30-36-21)15-32-20-5-2-1-4-19(20)25(29-32)35-26(34)28-16-7-9-18(10-8-16)31-13-3-6-24(31)33/h1-2,4-5,7-12,14H,3,6,13,15H2,(H,28,34). The van der Waals surface area contributed by atoms with E-state index in [1.54, 1.807) is 33.8 Å². The molecule has 0 unspecified atom stereocenters. The Balaban J connectivity index is 1.17. The normalized spacial score (nSPS) is 13.4. The maximum Gasteiger partial charge on any atom is 0.418 e. The van der Waals surface area contributed by atoms with Crippen LogP contribution in [0.15, 0.2) is 71.3 Å². The van der Waals surface area contributed by atoms with E-state index < -0.39 is 6.09 Å². The van der Waals surface area contributed by atoms with Crippen molar-refractivity contribution in [2.24, 2.45) is 0 Å². The SMILES string of the molecule is O=C(Nc1ccc(N2CCCC2=O)cc1)Oc1nn(Cc2cc(-c3ccc(Cl)s3)on2)c2ccccc12. The number of fused-ring (bicyclic) bond motifs is 1. The lowest BCUT2D eigenvalue weighted by Crippen LogP contribution is -2.23. The van der Waals surface area contributed by atoms with Gasteiger partial charge in [0, 0.05) is 30.4 Å². The summed E-state index contributed by atoms with van der Waals surface area (Å²) in [7, 11) is 0. The van der Waals surface area contributed by atoms with Crippen LogP contribution in [-0.4, -0.2) is 33.5 Å². The molecule has 1 aliphatic rings. The first kappa shape index (κ1) is 23.3. The van der Waals surface area contributed by atoms with Crippen molar-refractivity contribution in [3.8, 4) is 16.5 Å². The quantitative estimate of drug-likeness (QED) is 0.279. The Hall–Kier alpha value is -4.15. The zero-order valence-corrected chi connectivity index (χ0v) is 21.0. The lowest BCUT2D eigenvalue weighted by molar-refractivity contribution is -0.117. The summed E-state index contributed by atoms with van der Waals surface area (Å²) in [6.45, 7) is 1.03. The Morgan fingerprint density at radius 3 is 2.73 bits per heavy atom. The third-order valence-corrected chi connectivity index (χ3v) is 7.24. The van der Waals surface area contributed by atoms with Gasteiger partial charge < -0.3 is 14.2 Å². The molecule has 0 aliphatic carbocycles. The number of carbonyl (C=O) groups is 2. The molecule has 1 saturated heterocycles. The maximum absolute atomic E-state index is 12.7. The molecule has 9 nitrogen and oxygen atoms in total. The number of aromatic nitrogens is 3. The van der Waals surface area contributed by atoms with Crippen molar-refractivity contribution >= 4 is 57.2 Å². The van der Waals surface area contributed by atoms with Crippen LogP contribution in [-0.2, 0) is 11.3 Å². The summed E-state index contributed by atoms with van der Waals surface area (Å²) >= 11 is 7.44. The molecule has 37 heavy (non-hydrogen) atoms. The van der Waals surface area contributed by atoms with E-state index in [0.29, 0.717) is 46.4 Å². The number of para-hydroxylation sites is 1. The highest BCUT2D eigenvalue weighted by Gasteiger charge is 2.22. The van der Waals surface area contributed by atoms with Crippen molar-refractivity contribution in [1.82, 2.24) is 14.9 Å². The van der Waals surface area contributed by atoms with Gasteiger partial charge in [-0.05, 0) is 55.0 Å². The Labute approximate surface area is 220 Å². The summed E-state index contributed by atoms with van der Waals surface area (Å²) in [6, 6.07) is 20.1. The minimum atomic E-state index is -0.668. The molecule has 3 aromatic heterocycles. The van der Waals surface area contributed by atoms with Gasteiger partial charge >= 0.3 is 6.09 Å². The van der Waals surface area contributed by atoms with Gasteiger partial charge in [-0.3, -0.25) is 14.8 Å². The van der Waals surface area contributed by atoms with Crippen LogP contribution in [0.25, 0.3) is 21.5 Å². The third-order valence-electron chi connectivity index (χ3n) is 6.00. The Bertz CT molecular complexity index is 1610.